The van der Waals surface area contributed by atoms with Crippen LogP contribution in [0.4, 0.5) is 0 Å². The van der Waals surface area contributed by atoms with Gasteiger partial charge in [-0.2, -0.15) is 0 Å². The Morgan fingerprint density at radius 3 is 2.48 bits per heavy atom. The minimum Gasteiger partial charge on any atom is -0.496 e. The van der Waals surface area contributed by atoms with Gasteiger partial charge in [0.1, 0.15) is 5.75 Å². The number of likely N-dealkylation sites (tertiary alicyclic amines) is 1. The van der Waals surface area contributed by atoms with Gasteiger partial charge < -0.3 is 9.64 Å². The molecule has 5 heteroatoms. The summed E-state index contributed by atoms with van der Waals surface area (Å²) in [6.45, 7) is 9.17. The summed E-state index contributed by atoms with van der Waals surface area (Å²) >= 11 is 19.0. The Kier molecular flexibility index (Phi) is 5.70. The van der Waals surface area contributed by atoms with E-state index in [0.717, 1.165) is 36.5 Å². The van der Waals surface area contributed by atoms with E-state index in [0.29, 0.717) is 16.0 Å². The molecule has 0 bridgehead atoms. The average molecular weight is 350 g/mol. The van der Waals surface area contributed by atoms with Crippen molar-refractivity contribution >= 4 is 34.8 Å². The molecule has 117 valence electrons. The van der Waals surface area contributed by atoms with Crippen LogP contribution in [0.15, 0.2) is 6.07 Å². The molecular formula is C16H21Cl3NO. The van der Waals surface area contributed by atoms with Gasteiger partial charge in [0.15, 0.2) is 0 Å². The summed E-state index contributed by atoms with van der Waals surface area (Å²) in [6.07, 6.45) is 0. The minimum absolute atomic E-state index is 0.170. The van der Waals surface area contributed by atoms with E-state index < -0.39 is 0 Å². The lowest BCUT2D eigenvalue weighted by Gasteiger charge is -2.41. The number of nitrogens with zero attached hydrogens (tertiary/aromatic N) is 1. The van der Waals surface area contributed by atoms with E-state index in [1.54, 1.807) is 7.11 Å². The van der Waals surface area contributed by atoms with Gasteiger partial charge >= 0.3 is 0 Å². The van der Waals surface area contributed by atoms with Crippen molar-refractivity contribution in [2.75, 3.05) is 26.7 Å². The molecule has 1 aromatic rings. The highest BCUT2D eigenvalue weighted by atomic mass is 35.5. The highest BCUT2D eigenvalue weighted by molar-refractivity contribution is 6.42. The Morgan fingerprint density at radius 1 is 1.38 bits per heavy atom. The molecule has 0 saturated carbocycles. The van der Waals surface area contributed by atoms with Crippen LogP contribution >= 0.6 is 34.8 Å². The maximum Gasteiger partial charge on any atom is 0.128 e. The first kappa shape index (κ1) is 17.2. The molecule has 0 amide bonds. The average Bonchev–Trinajstić information content (AvgIpc) is 2.36. The summed E-state index contributed by atoms with van der Waals surface area (Å²) in [5, 5.41) is 0.971. The molecule has 1 aliphatic heterocycles. The fourth-order valence-electron chi connectivity index (χ4n) is 2.87. The van der Waals surface area contributed by atoms with Gasteiger partial charge in [0.2, 0.25) is 0 Å². The van der Waals surface area contributed by atoms with Gasteiger partial charge in [0.25, 0.3) is 0 Å². The minimum atomic E-state index is -0.170. The van der Waals surface area contributed by atoms with E-state index in [4.69, 9.17) is 39.5 Å². The molecule has 2 rings (SSSR count). The van der Waals surface area contributed by atoms with E-state index in [1.807, 2.05) is 13.0 Å². The van der Waals surface area contributed by atoms with Gasteiger partial charge in [0, 0.05) is 36.7 Å². The van der Waals surface area contributed by atoms with E-state index in [2.05, 4.69) is 18.7 Å². The zero-order valence-corrected chi connectivity index (χ0v) is 15.1. The molecule has 21 heavy (non-hydrogen) atoms. The molecule has 1 unspecified atom stereocenters. The van der Waals surface area contributed by atoms with E-state index in [1.165, 1.54) is 5.92 Å². The fraction of sp³-hybridized carbons (Fsp3) is 0.562. The molecule has 1 atom stereocenters. The van der Waals surface area contributed by atoms with Gasteiger partial charge in [-0.05, 0) is 18.9 Å². The van der Waals surface area contributed by atoms with Gasteiger partial charge in [-0.15, -0.1) is 11.6 Å². The Bertz CT molecular complexity index is 511. The van der Waals surface area contributed by atoms with Crippen LogP contribution < -0.4 is 4.74 Å². The zero-order valence-electron chi connectivity index (χ0n) is 12.8. The van der Waals surface area contributed by atoms with Gasteiger partial charge in [-0.1, -0.05) is 37.0 Å². The van der Waals surface area contributed by atoms with Gasteiger partial charge in [-0.3, -0.25) is 0 Å². The third-order valence-electron chi connectivity index (χ3n) is 3.77. The quantitative estimate of drug-likeness (QED) is 0.667. The Morgan fingerprint density at radius 2 is 2.00 bits per heavy atom. The highest BCUT2D eigenvalue weighted by Gasteiger charge is 2.34. The molecule has 2 nitrogen and oxygen atoms in total. The Hall–Kier alpha value is -0.150. The van der Waals surface area contributed by atoms with Crippen molar-refractivity contribution < 1.29 is 4.74 Å². The van der Waals surface area contributed by atoms with Crippen LogP contribution in [0.5, 0.6) is 5.75 Å². The molecule has 0 spiro atoms. The third kappa shape index (κ3) is 3.61. The molecule has 1 heterocycles. The van der Waals surface area contributed by atoms with Crippen LogP contribution in [0, 0.1) is 5.92 Å². The summed E-state index contributed by atoms with van der Waals surface area (Å²) in [5.41, 5.74) is 1.90. The molecule has 1 fully saturated rings. The topological polar surface area (TPSA) is 12.5 Å². The lowest BCUT2D eigenvalue weighted by Crippen LogP contribution is -2.46. The molecule has 0 aliphatic carbocycles. The van der Waals surface area contributed by atoms with Crippen molar-refractivity contribution in [2.24, 2.45) is 0 Å². The summed E-state index contributed by atoms with van der Waals surface area (Å²) in [4.78, 5) is 2.39. The lowest BCUT2D eigenvalue weighted by atomic mass is 9.88. The predicted octanol–water partition coefficient (Wildman–Crippen LogP) is 5.32. The molecule has 1 aliphatic rings. The van der Waals surface area contributed by atoms with E-state index in [9.17, 15) is 0 Å². The number of methoxy groups -OCH3 is 1. The summed E-state index contributed by atoms with van der Waals surface area (Å²) in [7, 11) is 1.66. The maximum absolute atomic E-state index is 6.44. The highest BCUT2D eigenvalue weighted by Crippen LogP contribution is 2.46. The van der Waals surface area contributed by atoms with E-state index >= 15 is 0 Å². The maximum atomic E-state index is 6.44. The molecule has 1 saturated heterocycles. The second-order valence-electron chi connectivity index (χ2n) is 5.92. The molecule has 0 aromatic heterocycles. The third-order valence-corrected chi connectivity index (χ3v) is 4.81. The smallest absolute Gasteiger partial charge is 0.128 e. The first-order valence-corrected chi connectivity index (χ1v) is 8.25. The Balaban J connectivity index is 2.31. The lowest BCUT2D eigenvalue weighted by molar-refractivity contribution is 0.153. The number of alkyl halides is 1. The zero-order chi connectivity index (χ0) is 15.7. The largest absolute Gasteiger partial charge is 0.496 e. The van der Waals surface area contributed by atoms with Crippen molar-refractivity contribution in [3.63, 3.8) is 0 Å². The fourth-order valence-corrected chi connectivity index (χ4v) is 3.54. The molecular weight excluding hydrogens is 329 g/mol. The van der Waals surface area contributed by atoms with Crippen molar-refractivity contribution in [3.05, 3.63) is 33.2 Å². The number of ether oxygens (including phenoxy) is 1. The van der Waals surface area contributed by atoms with Crippen molar-refractivity contribution in [3.8, 4) is 5.75 Å². The summed E-state index contributed by atoms with van der Waals surface area (Å²) in [5.74, 6) is 2.54. The van der Waals surface area contributed by atoms with Crippen LogP contribution in [-0.4, -0.2) is 31.6 Å². The van der Waals surface area contributed by atoms with Gasteiger partial charge in [-0.25, -0.2) is 0 Å². The number of rotatable bonds is 5. The first-order valence-electron chi connectivity index (χ1n) is 7.06. The summed E-state index contributed by atoms with van der Waals surface area (Å²) < 4.78 is 5.60. The number of halogens is 3. The molecule has 0 N–H and O–H groups in total. The Labute approximate surface area is 142 Å². The van der Waals surface area contributed by atoms with Gasteiger partial charge in [0.05, 0.1) is 22.5 Å². The molecule has 1 radical (unpaired) electrons. The van der Waals surface area contributed by atoms with Crippen LogP contribution in [-0.2, 0) is 0 Å². The molecule has 1 aromatic carbocycles. The van der Waals surface area contributed by atoms with Crippen LogP contribution in [0.3, 0.4) is 0 Å². The predicted molar refractivity (Wildman–Crippen MR) is 91.1 cm³/mol. The summed E-state index contributed by atoms with van der Waals surface area (Å²) in [6, 6.07) is 1.81. The normalized spacial score (nSPS) is 17.9. The second kappa shape index (κ2) is 6.95. The number of hydrogen-bond acceptors (Lipinski definition) is 2. The van der Waals surface area contributed by atoms with Crippen molar-refractivity contribution in [2.45, 2.75) is 32.1 Å². The second-order valence-corrected chi connectivity index (χ2v) is 7.36. The van der Waals surface area contributed by atoms with Crippen LogP contribution in [0.1, 0.15) is 43.2 Å². The van der Waals surface area contributed by atoms with Crippen molar-refractivity contribution in [1.29, 1.82) is 0 Å². The number of hydrogen-bond donors (Lipinski definition) is 0. The standard InChI is InChI=1S/C16H21Cl3NO/c1-9(2)6-20-7-11(8-20)14-15(19)13(18)5-12(10(3)17)16(14)21-4/h5,10-11H,6-8H2,1-4H3. The SMILES string of the molecule is COc1c(C(C)Cl)cc(Cl)c(Cl)c1C1CN(C[C](C)C)C1. The number of benzene rings is 1. The monoisotopic (exact) mass is 348 g/mol. The van der Waals surface area contributed by atoms with Crippen LogP contribution in [0.25, 0.3) is 0 Å². The van der Waals surface area contributed by atoms with E-state index in [-0.39, 0.29) is 5.38 Å². The first-order chi connectivity index (χ1) is 9.85. The van der Waals surface area contributed by atoms with Crippen LogP contribution in [0.2, 0.25) is 10.0 Å². The van der Waals surface area contributed by atoms with Crippen molar-refractivity contribution in [1.82, 2.24) is 4.90 Å².